The molecule has 0 aliphatic carbocycles. The molecule has 196 valence electrons. The van der Waals surface area contributed by atoms with Crippen LogP contribution in [-0.2, 0) is 20.9 Å². The van der Waals surface area contributed by atoms with Crippen molar-refractivity contribution < 1.29 is 32.6 Å². The smallest absolute Gasteiger partial charge is 0.475 e. The Morgan fingerprint density at radius 3 is 2.40 bits per heavy atom. The number of amides is 1. The normalized spacial score (nSPS) is 25.6. The van der Waals surface area contributed by atoms with Gasteiger partial charge in [0.15, 0.2) is 0 Å². The maximum atomic E-state index is 12.7. The zero-order valence-electron chi connectivity index (χ0n) is 20.6. The first-order valence-corrected chi connectivity index (χ1v) is 12.5. The lowest BCUT2D eigenvalue weighted by Crippen LogP contribution is -2.49. The first-order valence-electron chi connectivity index (χ1n) is 12.5. The maximum absolute atomic E-state index is 12.7. The summed E-state index contributed by atoms with van der Waals surface area (Å²) in [5.74, 6) is -1.82. The lowest BCUT2D eigenvalue weighted by Gasteiger charge is -2.39. The summed E-state index contributed by atoms with van der Waals surface area (Å²) in [5.41, 5.74) is 2.89. The van der Waals surface area contributed by atoms with Crippen LogP contribution in [0.4, 0.5) is 13.2 Å². The van der Waals surface area contributed by atoms with E-state index in [4.69, 9.17) is 14.6 Å². The highest BCUT2D eigenvalue weighted by Crippen LogP contribution is 2.40. The zero-order valence-corrected chi connectivity index (χ0v) is 20.6. The van der Waals surface area contributed by atoms with Crippen LogP contribution in [0.1, 0.15) is 75.8 Å². The molecule has 0 saturated carbocycles. The Balaban J connectivity index is 0.000000429. The highest BCUT2D eigenvalue weighted by molar-refractivity contribution is 5.79. The van der Waals surface area contributed by atoms with Crippen molar-refractivity contribution in [1.29, 1.82) is 0 Å². The van der Waals surface area contributed by atoms with Gasteiger partial charge in [-0.15, -0.1) is 0 Å². The molecule has 0 radical (unpaired) electrons. The molecule has 0 bridgehead atoms. The number of aliphatic carboxylic acids is 1. The van der Waals surface area contributed by atoms with E-state index in [1.807, 2.05) is 0 Å². The Hall–Kier alpha value is -2.13. The fraction of sp³-hybridized carbons (Fsp3) is 0.692. The molecule has 6 nitrogen and oxygen atoms in total. The molecule has 9 heteroatoms. The third kappa shape index (κ3) is 7.43. The van der Waals surface area contributed by atoms with Gasteiger partial charge in [0, 0.05) is 38.2 Å². The molecule has 1 N–H and O–H groups in total. The van der Waals surface area contributed by atoms with E-state index in [1.165, 1.54) is 17.5 Å². The second kappa shape index (κ2) is 11.7. The predicted molar refractivity (Wildman–Crippen MR) is 126 cm³/mol. The van der Waals surface area contributed by atoms with Gasteiger partial charge in [0.2, 0.25) is 5.91 Å². The van der Waals surface area contributed by atoms with Gasteiger partial charge in [-0.25, -0.2) is 4.79 Å². The van der Waals surface area contributed by atoms with Crippen LogP contribution in [0.3, 0.4) is 0 Å². The summed E-state index contributed by atoms with van der Waals surface area (Å²) in [7, 11) is 0. The number of nitrogens with zero attached hydrogens (tertiary/aromatic N) is 2. The molecular weight excluding hydrogens is 461 g/mol. The van der Waals surface area contributed by atoms with Gasteiger partial charge in [-0.3, -0.25) is 9.69 Å². The van der Waals surface area contributed by atoms with Crippen molar-refractivity contribution in [3.05, 3.63) is 35.4 Å². The lowest BCUT2D eigenvalue weighted by molar-refractivity contribution is -0.192. The first-order chi connectivity index (χ1) is 16.5. The number of benzene rings is 1. The minimum absolute atomic E-state index is 0.0826. The van der Waals surface area contributed by atoms with E-state index >= 15 is 0 Å². The number of ether oxygens (including phenoxy) is 1. The zero-order chi connectivity index (χ0) is 25.6. The molecule has 1 amide bonds. The van der Waals surface area contributed by atoms with Crippen molar-refractivity contribution in [2.75, 3.05) is 26.2 Å². The van der Waals surface area contributed by atoms with Crippen LogP contribution in [0.15, 0.2) is 24.3 Å². The minimum Gasteiger partial charge on any atom is -0.475 e. The number of carbonyl (C=O) groups is 2. The average Bonchev–Trinajstić information content (AvgIpc) is 3.36. The van der Waals surface area contributed by atoms with E-state index in [-0.39, 0.29) is 11.6 Å². The largest absolute Gasteiger partial charge is 0.490 e. The summed E-state index contributed by atoms with van der Waals surface area (Å²) < 4.78 is 37.6. The van der Waals surface area contributed by atoms with Crippen molar-refractivity contribution in [2.24, 2.45) is 0 Å². The Kier molecular flexibility index (Phi) is 9.21. The number of rotatable bonds is 5. The van der Waals surface area contributed by atoms with Gasteiger partial charge in [0.1, 0.15) is 0 Å². The Labute approximate surface area is 205 Å². The number of alkyl halides is 3. The average molecular weight is 499 g/mol. The van der Waals surface area contributed by atoms with Crippen molar-refractivity contribution >= 4 is 11.9 Å². The summed E-state index contributed by atoms with van der Waals surface area (Å²) in [4.78, 5) is 26.4. The van der Waals surface area contributed by atoms with Gasteiger partial charge < -0.3 is 14.7 Å². The number of hydrogen-bond donors (Lipinski definition) is 1. The lowest BCUT2D eigenvalue weighted by atomic mass is 9.87. The van der Waals surface area contributed by atoms with Crippen LogP contribution < -0.4 is 0 Å². The summed E-state index contributed by atoms with van der Waals surface area (Å²) in [6, 6.07) is 9.13. The monoisotopic (exact) mass is 498 g/mol. The van der Waals surface area contributed by atoms with Crippen LogP contribution in [0.2, 0.25) is 0 Å². The summed E-state index contributed by atoms with van der Waals surface area (Å²) in [5, 5.41) is 7.12. The van der Waals surface area contributed by atoms with E-state index in [9.17, 15) is 18.0 Å². The Morgan fingerprint density at radius 1 is 1.14 bits per heavy atom. The van der Waals surface area contributed by atoms with E-state index in [0.29, 0.717) is 11.8 Å². The predicted octanol–water partition coefficient (Wildman–Crippen LogP) is 4.97. The highest BCUT2D eigenvalue weighted by atomic mass is 19.4. The number of likely N-dealkylation sites (tertiary alicyclic amines) is 2. The number of carboxylic acid groups (broad SMARTS) is 1. The van der Waals surface area contributed by atoms with Crippen LogP contribution in [0, 0.1) is 0 Å². The first kappa shape index (κ1) is 27.5. The third-order valence-corrected chi connectivity index (χ3v) is 7.39. The van der Waals surface area contributed by atoms with E-state index in [2.05, 4.69) is 47.9 Å². The molecule has 3 heterocycles. The van der Waals surface area contributed by atoms with Gasteiger partial charge in [-0.2, -0.15) is 13.2 Å². The van der Waals surface area contributed by atoms with E-state index in [1.54, 1.807) is 0 Å². The number of hydrogen-bond acceptors (Lipinski definition) is 4. The quantitative estimate of drug-likeness (QED) is 0.621. The van der Waals surface area contributed by atoms with Crippen molar-refractivity contribution in [2.45, 2.75) is 89.1 Å². The summed E-state index contributed by atoms with van der Waals surface area (Å²) in [6.07, 6.45) is 2.63. The van der Waals surface area contributed by atoms with Crippen LogP contribution >= 0.6 is 0 Å². The van der Waals surface area contributed by atoms with E-state index < -0.39 is 12.1 Å². The van der Waals surface area contributed by atoms with Crippen molar-refractivity contribution in [1.82, 2.24) is 9.80 Å². The molecule has 4 rings (SSSR count). The van der Waals surface area contributed by atoms with E-state index in [0.717, 1.165) is 71.3 Å². The molecule has 0 aromatic heterocycles. The molecular formula is C26H37F3N2O4. The standard InChI is InChI=1S/C24H36N2O2.C2HF3O2/c1-19(2)21-8-6-20(7-9-21)17-25-14-4-11-24(13-15-25)12-10-23(27)26(24)18-22-5-3-16-28-22;3-2(4,5)1(6)7/h6-9,19,22H,3-5,10-18H2,1-2H3;(H,6,7). The minimum atomic E-state index is -5.08. The van der Waals surface area contributed by atoms with Gasteiger partial charge in [-0.1, -0.05) is 38.1 Å². The summed E-state index contributed by atoms with van der Waals surface area (Å²) in [6.45, 7) is 9.41. The summed E-state index contributed by atoms with van der Waals surface area (Å²) >= 11 is 0. The molecule has 1 aromatic carbocycles. The Morgan fingerprint density at radius 2 is 1.83 bits per heavy atom. The Bertz CT molecular complexity index is 853. The topological polar surface area (TPSA) is 70.1 Å². The van der Waals surface area contributed by atoms with Gasteiger partial charge in [0.25, 0.3) is 0 Å². The number of halogens is 3. The van der Waals surface area contributed by atoms with Gasteiger partial charge >= 0.3 is 12.1 Å². The molecule has 3 saturated heterocycles. The fourth-order valence-corrected chi connectivity index (χ4v) is 5.34. The second-order valence-electron chi connectivity index (χ2n) is 10.2. The van der Waals surface area contributed by atoms with Crippen molar-refractivity contribution in [3.8, 4) is 0 Å². The molecule has 3 aliphatic heterocycles. The molecule has 1 aromatic rings. The molecule has 2 unspecified atom stereocenters. The molecule has 35 heavy (non-hydrogen) atoms. The van der Waals surface area contributed by atoms with Gasteiger partial charge in [-0.05, 0) is 62.1 Å². The molecule has 3 aliphatic rings. The van der Waals surface area contributed by atoms with Crippen LogP contribution in [-0.4, -0.2) is 70.8 Å². The van der Waals surface area contributed by atoms with Gasteiger partial charge in [0.05, 0.1) is 6.10 Å². The molecule has 1 spiro atoms. The SMILES string of the molecule is CC(C)c1ccc(CN2CCCC3(CCC(=O)N3CC3CCCO3)CC2)cc1.O=C(O)C(F)(F)F. The third-order valence-electron chi connectivity index (χ3n) is 7.39. The number of carbonyl (C=O) groups excluding carboxylic acids is 1. The number of carboxylic acids is 1. The van der Waals surface area contributed by atoms with Crippen LogP contribution in [0.25, 0.3) is 0 Å². The molecule has 2 atom stereocenters. The van der Waals surface area contributed by atoms with Crippen LogP contribution in [0.5, 0.6) is 0 Å². The van der Waals surface area contributed by atoms with Crippen molar-refractivity contribution in [3.63, 3.8) is 0 Å². The maximum Gasteiger partial charge on any atom is 0.490 e. The molecule has 3 fully saturated rings. The highest BCUT2D eigenvalue weighted by Gasteiger charge is 2.46. The fourth-order valence-electron chi connectivity index (χ4n) is 5.34. The second-order valence-corrected chi connectivity index (χ2v) is 10.2.